The summed E-state index contributed by atoms with van der Waals surface area (Å²) in [6.45, 7) is 4.12. The van der Waals surface area contributed by atoms with Crippen LogP contribution >= 0.6 is 0 Å². The van der Waals surface area contributed by atoms with Crippen molar-refractivity contribution in [2.24, 2.45) is 0 Å². The van der Waals surface area contributed by atoms with E-state index in [1.807, 2.05) is 25.8 Å². The smallest absolute Gasteiger partial charge is 0.0584 e. The lowest BCUT2D eigenvalue weighted by Crippen LogP contribution is -2.40. The molecule has 2 atom stereocenters. The van der Waals surface area contributed by atoms with Crippen LogP contribution in [0.3, 0.4) is 0 Å². The van der Waals surface area contributed by atoms with E-state index < -0.39 is 0 Å². The van der Waals surface area contributed by atoms with Gasteiger partial charge in [-0.1, -0.05) is 0 Å². The second kappa shape index (κ2) is 4.66. The summed E-state index contributed by atoms with van der Waals surface area (Å²) in [4.78, 5) is 1.94. The fraction of sp³-hybridized carbons (Fsp3) is 1.00. The molecule has 0 aromatic carbocycles. The highest BCUT2D eigenvalue weighted by Gasteiger charge is 2.12. The Kier molecular flexibility index (Phi) is 4.60. The van der Waals surface area contributed by atoms with E-state index in [9.17, 15) is 0 Å². The molecule has 0 aliphatic rings. The molecule has 2 unspecified atom stereocenters. The molecule has 0 aliphatic heterocycles. The lowest BCUT2D eigenvalue weighted by atomic mass is 10.2. The average molecular weight is 147 g/mol. The zero-order chi connectivity index (χ0) is 8.15. The summed E-state index contributed by atoms with van der Waals surface area (Å²) in [6.07, 6.45) is 0. The molecular weight excluding hydrogens is 130 g/mol. The molecule has 0 rings (SSSR count). The highest BCUT2D eigenvalue weighted by atomic mass is 16.3. The van der Waals surface area contributed by atoms with Gasteiger partial charge in [-0.25, -0.2) is 0 Å². The van der Waals surface area contributed by atoms with Crippen LogP contribution in [-0.4, -0.2) is 47.5 Å². The molecule has 0 aliphatic carbocycles. The number of hydrogen-bond donors (Lipinski definition) is 2. The molecule has 3 heteroatoms. The molecule has 2 N–H and O–H groups in total. The van der Waals surface area contributed by atoms with E-state index in [1.54, 1.807) is 0 Å². The Balaban J connectivity index is 3.69. The van der Waals surface area contributed by atoms with Gasteiger partial charge in [0.25, 0.3) is 0 Å². The van der Waals surface area contributed by atoms with E-state index in [0.717, 1.165) is 0 Å². The van der Waals surface area contributed by atoms with Crippen LogP contribution < -0.4 is 0 Å². The van der Waals surface area contributed by atoms with E-state index in [2.05, 4.69) is 0 Å². The van der Waals surface area contributed by atoms with Gasteiger partial charge in [0, 0.05) is 12.1 Å². The molecule has 0 aromatic rings. The Morgan fingerprint density at radius 3 is 1.60 bits per heavy atom. The maximum absolute atomic E-state index is 8.73. The number of aliphatic hydroxyl groups is 2. The minimum atomic E-state index is 0.127. The standard InChI is InChI=1S/C7H17NO2/c1-6(4-9)8(3)7(2)5-10/h6-7,9-10H,4-5H2,1-3H3. The van der Waals surface area contributed by atoms with Crippen molar-refractivity contribution >= 4 is 0 Å². The van der Waals surface area contributed by atoms with Gasteiger partial charge in [0.2, 0.25) is 0 Å². The first kappa shape index (κ1) is 9.88. The van der Waals surface area contributed by atoms with Gasteiger partial charge in [0.1, 0.15) is 0 Å². The summed E-state index contributed by atoms with van der Waals surface area (Å²) >= 11 is 0. The molecule has 0 fully saturated rings. The molecule has 0 amide bonds. The van der Waals surface area contributed by atoms with Gasteiger partial charge < -0.3 is 10.2 Å². The minimum absolute atomic E-state index is 0.127. The molecular formula is C7H17NO2. The van der Waals surface area contributed by atoms with Gasteiger partial charge in [0.05, 0.1) is 13.2 Å². The molecule has 3 nitrogen and oxygen atoms in total. The summed E-state index contributed by atoms with van der Waals surface area (Å²) in [5.41, 5.74) is 0. The highest BCUT2D eigenvalue weighted by Crippen LogP contribution is 1.99. The molecule has 0 spiro atoms. The first-order valence-corrected chi connectivity index (χ1v) is 3.57. The van der Waals surface area contributed by atoms with E-state index in [1.165, 1.54) is 0 Å². The van der Waals surface area contributed by atoms with Crippen molar-refractivity contribution in [2.75, 3.05) is 20.3 Å². The van der Waals surface area contributed by atoms with Gasteiger partial charge in [-0.2, -0.15) is 0 Å². The molecule has 0 bridgehead atoms. The van der Waals surface area contributed by atoms with Crippen LogP contribution in [0.5, 0.6) is 0 Å². The van der Waals surface area contributed by atoms with Crippen molar-refractivity contribution in [3.8, 4) is 0 Å². The predicted octanol–water partition coefficient (Wildman–Crippen LogP) is -0.320. The first-order chi connectivity index (χ1) is 4.63. The Hall–Kier alpha value is -0.120. The van der Waals surface area contributed by atoms with Gasteiger partial charge in [-0.3, -0.25) is 4.90 Å². The maximum atomic E-state index is 8.73. The SMILES string of the molecule is CC(CO)N(C)C(C)CO. The lowest BCUT2D eigenvalue weighted by Gasteiger charge is -2.27. The predicted molar refractivity (Wildman–Crippen MR) is 40.9 cm³/mol. The van der Waals surface area contributed by atoms with E-state index >= 15 is 0 Å². The van der Waals surface area contributed by atoms with Gasteiger partial charge in [0.15, 0.2) is 0 Å². The minimum Gasteiger partial charge on any atom is -0.395 e. The number of likely N-dealkylation sites (N-methyl/N-ethyl adjacent to an activating group) is 1. The third-order valence-corrected chi connectivity index (χ3v) is 1.92. The topological polar surface area (TPSA) is 43.7 Å². The molecule has 0 saturated carbocycles. The van der Waals surface area contributed by atoms with Crippen LogP contribution in [0.15, 0.2) is 0 Å². The second-order valence-electron chi connectivity index (χ2n) is 2.73. The van der Waals surface area contributed by atoms with Crippen molar-refractivity contribution < 1.29 is 10.2 Å². The zero-order valence-corrected chi connectivity index (χ0v) is 6.91. The Morgan fingerprint density at radius 1 is 1.10 bits per heavy atom. The summed E-state index contributed by atoms with van der Waals surface area (Å²) in [6, 6.07) is 0.254. The van der Waals surface area contributed by atoms with Crippen molar-refractivity contribution in [2.45, 2.75) is 25.9 Å². The molecule has 62 valence electrons. The largest absolute Gasteiger partial charge is 0.395 e. The van der Waals surface area contributed by atoms with Crippen LogP contribution in [0.4, 0.5) is 0 Å². The Morgan fingerprint density at radius 2 is 1.40 bits per heavy atom. The molecule has 0 aromatic heterocycles. The lowest BCUT2D eigenvalue weighted by molar-refractivity contribution is 0.0913. The van der Waals surface area contributed by atoms with Crippen molar-refractivity contribution in [3.63, 3.8) is 0 Å². The third kappa shape index (κ3) is 2.64. The van der Waals surface area contributed by atoms with Crippen LogP contribution in [-0.2, 0) is 0 Å². The van der Waals surface area contributed by atoms with Gasteiger partial charge in [-0.05, 0) is 20.9 Å². The van der Waals surface area contributed by atoms with Crippen LogP contribution in [0.2, 0.25) is 0 Å². The Labute approximate surface area is 62.3 Å². The summed E-state index contributed by atoms with van der Waals surface area (Å²) in [5.74, 6) is 0. The number of aliphatic hydroxyl groups excluding tert-OH is 2. The summed E-state index contributed by atoms with van der Waals surface area (Å²) < 4.78 is 0. The number of hydrogen-bond acceptors (Lipinski definition) is 3. The maximum Gasteiger partial charge on any atom is 0.0584 e. The fourth-order valence-electron chi connectivity index (χ4n) is 0.692. The van der Waals surface area contributed by atoms with Gasteiger partial charge in [-0.15, -0.1) is 0 Å². The van der Waals surface area contributed by atoms with Gasteiger partial charge >= 0.3 is 0 Å². The second-order valence-corrected chi connectivity index (χ2v) is 2.73. The number of rotatable bonds is 4. The molecule has 0 saturated heterocycles. The Bertz CT molecular complexity index is 77.7. The first-order valence-electron chi connectivity index (χ1n) is 3.57. The average Bonchev–Trinajstić information content (AvgIpc) is 2.00. The quantitative estimate of drug-likeness (QED) is 0.573. The number of nitrogens with zero attached hydrogens (tertiary/aromatic N) is 1. The normalized spacial score (nSPS) is 17.4. The summed E-state index contributed by atoms with van der Waals surface area (Å²) in [7, 11) is 1.89. The van der Waals surface area contributed by atoms with E-state index in [0.29, 0.717) is 0 Å². The van der Waals surface area contributed by atoms with Crippen molar-refractivity contribution in [1.82, 2.24) is 4.90 Å². The van der Waals surface area contributed by atoms with Crippen LogP contribution in [0, 0.1) is 0 Å². The van der Waals surface area contributed by atoms with E-state index in [-0.39, 0.29) is 25.3 Å². The van der Waals surface area contributed by atoms with Crippen molar-refractivity contribution in [1.29, 1.82) is 0 Å². The summed E-state index contributed by atoms with van der Waals surface area (Å²) in [5, 5.41) is 17.5. The van der Waals surface area contributed by atoms with Crippen LogP contribution in [0.1, 0.15) is 13.8 Å². The highest BCUT2D eigenvalue weighted by molar-refractivity contribution is 4.67. The molecule has 0 radical (unpaired) electrons. The zero-order valence-electron chi connectivity index (χ0n) is 6.91. The monoisotopic (exact) mass is 147 g/mol. The molecule has 0 heterocycles. The molecule has 10 heavy (non-hydrogen) atoms. The van der Waals surface area contributed by atoms with Crippen LogP contribution in [0.25, 0.3) is 0 Å². The fourth-order valence-corrected chi connectivity index (χ4v) is 0.692. The third-order valence-electron chi connectivity index (χ3n) is 1.92. The van der Waals surface area contributed by atoms with E-state index in [4.69, 9.17) is 10.2 Å². The van der Waals surface area contributed by atoms with Crippen molar-refractivity contribution in [3.05, 3.63) is 0 Å².